The van der Waals surface area contributed by atoms with Gasteiger partial charge in [0.1, 0.15) is 0 Å². The maximum atomic E-state index is 3.75. The van der Waals surface area contributed by atoms with Gasteiger partial charge < -0.3 is 10.2 Å². The molecular weight excluding hydrogens is 196 g/mol. The molecule has 4 atom stereocenters. The lowest BCUT2D eigenvalue weighted by molar-refractivity contribution is 0.194. The SMILES string of the molecule is CCC(C)CN(CC)CC1CC2CCC1N2. The normalized spacial score (nSPS) is 34.9. The van der Waals surface area contributed by atoms with E-state index in [1.54, 1.807) is 0 Å². The van der Waals surface area contributed by atoms with Gasteiger partial charge >= 0.3 is 0 Å². The summed E-state index contributed by atoms with van der Waals surface area (Å²) in [5, 5.41) is 3.75. The lowest BCUT2D eigenvalue weighted by Crippen LogP contribution is -2.37. The highest BCUT2D eigenvalue weighted by molar-refractivity contribution is 4.98. The van der Waals surface area contributed by atoms with Crippen molar-refractivity contribution in [3.05, 3.63) is 0 Å². The first-order chi connectivity index (χ1) is 7.72. The molecular formula is C14H28N2. The highest BCUT2D eigenvalue weighted by atomic mass is 15.1. The Morgan fingerprint density at radius 3 is 2.62 bits per heavy atom. The minimum atomic E-state index is 0.844. The molecule has 2 heterocycles. The second kappa shape index (κ2) is 5.50. The molecule has 2 fully saturated rings. The van der Waals surface area contributed by atoms with E-state index in [0.29, 0.717) is 0 Å². The van der Waals surface area contributed by atoms with Gasteiger partial charge in [0.15, 0.2) is 0 Å². The first-order valence-electron chi connectivity index (χ1n) is 7.21. The van der Waals surface area contributed by atoms with Crippen molar-refractivity contribution in [1.29, 1.82) is 0 Å². The molecule has 0 aromatic rings. The van der Waals surface area contributed by atoms with Crippen molar-refractivity contribution in [3.63, 3.8) is 0 Å². The summed E-state index contributed by atoms with van der Waals surface area (Å²) < 4.78 is 0. The van der Waals surface area contributed by atoms with Gasteiger partial charge in [-0.2, -0.15) is 0 Å². The van der Waals surface area contributed by atoms with Crippen LogP contribution in [0.1, 0.15) is 46.5 Å². The van der Waals surface area contributed by atoms with Crippen LogP contribution in [-0.4, -0.2) is 36.6 Å². The van der Waals surface area contributed by atoms with Crippen molar-refractivity contribution in [3.8, 4) is 0 Å². The van der Waals surface area contributed by atoms with Gasteiger partial charge in [-0.25, -0.2) is 0 Å². The minimum absolute atomic E-state index is 0.844. The van der Waals surface area contributed by atoms with E-state index < -0.39 is 0 Å². The Hall–Kier alpha value is -0.0800. The molecule has 0 aliphatic carbocycles. The van der Waals surface area contributed by atoms with Gasteiger partial charge in [0, 0.05) is 25.2 Å². The first kappa shape index (κ1) is 12.4. The number of nitrogens with one attached hydrogen (secondary N) is 1. The Bertz CT molecular complexity index is 217. The molecule has 94 valence electrons. The van der Waals surface area contributed by atoms with E-state index in [1.807, 2.05) is 0 Å². The summed E-state index contributed by atoms with van der Waals surface area (Å²) in [4.78, 5) is 2.67. The van der Waals surface area contributed by atoms with E-state index in [0.717, 1.165) is 23.9 Å². The molecule has 0 saturated carbocycles. The van der Waals surface area contributed by atoms with Crippen LogP contribution >= 0.6 is 0 Å². The van der Waals surface area contributed by atoms with Crippen molar-refractivity contribution < 1.29 is 0 Å². The fourth-order valence-corrected chi connectivity index (χ4v) is 3.37. The maximum absolute atomic E-state index is 3.75. The van der Waals surface area contributed by atoms with Crippen LogP contribution in [0.5, 0.6) is 0 Å². The van der Waals surface area contributed by atoms with Gasteiger partial charge in [0.25, 0.3) is 0 Å². The Labute approximate surface area is 101 Å². The first-order valence-corrected chi connectivity index (χ1v) is 7.21. The maximum Gasteiger partial charge on any atom is 0.0111 e. The summed E-state index contributed by atoms with van der Waals surface area (Å²) >= 11 is 0. The lowest BCUT2D eigenvalue weighted by atomic mass is 9.88. The van der Waals surface area contributed by atoms with E-state index in [2.05, 4.69) is 31.0 Å². The largest absolute Gasteiger partial charge is 0.311 e. The zero-order valence-electron chi connectivity index (χ0n) is 11.2. The summed E-state index contributed by atoms with van der Waals surface area (Å²) in [5.41, 5.74) is 0. The molecule has 2 rings (SSSR count). The average molecular weight is 224 g/mol. The number of rotatable bonds is 6. The molecule has 2 heteroatoms. The van der Waals surface area contributed by atoms with Crippen LogP contribution in [0, 0.1) is 11.8 Å². The Morgan fingerprint density at radius 1 is 1.31 bits per heavy atom. The zero-order valence-corrected chi connectivity index (χ0v) is 11.2. The van der Waals surface area contributed by atoms with E-state index in [4.69, 9.17) is 0 Å². The third-order valence-electron chi connectivity index (χ3n) is 4.64. The summed E-state index contributed by atoms with van der Waals surface area (Å²) in [6, 6.07) is 1.70. The fraction of sp³-hybridized carbons (Fsp3) is 1.00. The average Bonchev–Trinajstić information content (AvgIpc) is 2.89. The third-order valence-corrected chi connectivity index (χ3v) is 4.64. The summed E-state index contributed by atoms with van der Waals surface area (Å²) in [6.07, 6.45) is 5.60. The number of hydrogen-bond acceptors (Lipinski definition) is 2. The van der Waals surface area contributed by atoms with E-state index in [9.17, 15) is 0 Å². The molecule has 0 radical (unpaired) electrons. The van der Waals surface area contributed by atoms with Crippen molar-refractivity contribution in [2.75, 3.05) is 19.6 Å². The molecule has 0 aromatic heterocycles. The van der Waals surface area contributed by atoms with Crippen LogP contribution in [0.4, 0.5) is 0 Å². The van der Waals surface area contributed by atoms with E-state index in [1.165, 1.54) is 45.3 Å². The summed E-state index contributed by atoms with van der Waals surface area (Å²) in [5.74, 6) is 1.79. The number of nitrogens with zero attached hydrogens (tertiary/aromatic N) is 1. The van der Waals surface area contributed by atoms with Gasteiger partial charge in [-0.15, -0.1) is 0 Å². The quantitative estimate of drug-likeness (QED) is 0.746. The summed E-state index contributed by atoms with van der Waals surface area (Å²) in [6.45, 7) is 10.8. The topological polar surface area (TPSA) is 15.3 Å². The summed E-state index contributed by atoms with van der Waals surface area (Å²) in [7, 11) is 0. The molecule has 0 amide bonds. The molecule has 4 unspecified atom stereocenters. The van der Waals surface area contributed by atoms with Gasteiger partial charge in [0.05, 0.1) is 0 Å². The minimum Gasteiger partial charge on any atom is -0.311 e. The smallest absolute Gasteiger partial charge is 0.0111 e. The van der Waals surface area contributed by atoms with Gasteiger partial charge in [-0.3, -0.25) is 0 Å². The predicted molar refractivity (Wildman–Crippen MR) is 69.6 cm³/mol. The predicted octanol–water partition coefficient (Wildman–Crippen LogP) is 2.49. The van der Waals surface area contributed by atoms with Gasteiger partial charge in [-0.05, 0) is 37.6 Å². The van der Waals surface area contributed by atoms with Crippen LogP contribution < -0.4 is 5.32 Å². The van der Waals surface area contributed by atoms with Crippen LogP contribution in [0.2, 0.25) is 0 Å². The third kappa shape index (κ3) is 2.78. The molecule has 2 nitrogen and oxygen atoms in total. The highest BCUT2D eigenvalue weighted by Gasteiger charge is 2.39. The second-order valence-corrected chi connectivity index (χ2v) is 5.91. The van der Waals surface area contributed by atoms with Crippen LogP contribution in [0.15, 0.2) is 0 Å². The molecule has 16 heavy (non-hydrogen) atoms. The molecule has 2 saturated heterocycles. The molecule has 0 spiro atoms. The molecule has 2 aliphatic heterocycles. The van der Waals surface area contributed by atoms with Gasteiger partial charge in [0.2, 0.25) is 0 Å². The molecule has 0 aromatic carbocycles. The standard InChI is InChI=1S/C14H28N2/c1-4-11(3)9-16(5-2)10-12-8-13-6-7-14(12)15-13/h11-15H,4-10H2,1-3H3. The van der Waals surface area contributed by atoms with Crippen molar-refractivity contribution in [1.82, 2.24) is 10.2 Å². The monoisotopic (exact) mass is 224 g/mol. The molecule has 1 N–H and O–H groups in total. The van der Waals surface area contributed by atoms with E-state index in [-0.39, 0.29) is 0 Å². The second-order valence-electron chi connectivity index (χ2n) is 5.91. The van der Waals surface area contributed by atoms with Gasteiger partial charge in [-0.1, -0.05) is 27.2 Å². The Kier molecular flexibility index (Phi) is 4.26. The zero-order chi connectivity index (χ0) is 11.5. The van der Waals surface area contributed by atoms with Crippen molar-refractivity contribution in [2.24, 2.45) is 11.8 Å². The molecule has 2 aliphatic rings. The lowest BCUT2D eigenvalue weighted by Gasteiger charge is -2.30. The Morgan fingerprint density at radius 2 is 2.12 bits per heavy atom. The number of hydrogen-bond donors (Lipinski definition) is 1. The Balaban J connectivity index is 1.78. The molecule has 2 bridgehead atoms. The number of fused-ring (bicyclic) bond motifs is 2. The van der Waals surface area contributed by atoms with Crippen molar-refractivity contribution >= 4 is 0 Å². The van der Waals surface area contributed by atoms with Crippen LogP contribution in [0.25, 0.3) is 0 Å². The highest BCUT2D eigenvalue weighted by Crippen LogP contribution is 2.33. The van der Waals surface area contributed by atoms with Crippen LogP contribution in [-0.2, 0) is 0 Å². The van der Waals surface area contributed by atoms with E-state index >= 15 is 0 Å². The fourth-order valence-electron chi connectivity index (χ4n) is 3.37. The van der Waals surface area contributed by atoms with Crippen LogP contribution in [0.3, 0.4) is 0 Å². The van der Waals surface area contributed by atoms with Crippen molar-refractivity contribution in [2.45, 2.75) is 58.5 Å².